The van der Waals surface area contributed by atoms with E-state index in [4.69, 9.17) is 0 Å². The molecule has 0 radical (unpaired) electrons. The zero-order valence-corrected chi connectivity index (χ0v) is 17.0. The summed E-state index contributed by atoms with van der Waals surface area (Å²) in [5.74, 6) is 0. The lowest BCUT2D eigenvalue weighted by Gasteiger charge is -2.05. The van der Waals surface area contributed by atoms with Crippen LogP contribution in [0.2, 0.25) is 0 Å². The molecule has 0 N–H and O–H groups in total. The summed E-state index contributed by atoms with van der Waals surface area (Å²) < 4.78 is 4.44. The molecule has 0 fully saturated rings. The Hall–Kier alpha value is -2.96. The number of benzene rings is 3. The SMILES string of the molecule is Cc1cc(C)c([N+]2=C=[N+](c3c(C)cc(C)cc3C)c3ccccc32)c(C)c1. The van der Waals surface area contributed by atoms with Crippen molar-refractivity contribution in [3.63, 3.8) is 0 Å². The van der Waals surface area contributed by atoms with Gasteiger partial charge in [0.05, 0.1) is 0 Å². The Balaban J connectivity index is 2.07. The van der Waals surface area contributed by atoms with E-state index in [0.29, 0.717) is 0 Å². The van der Waals surface area contributed by atoms with Crippen molar-refractivity contribution in [3.8, 4) is 0 Å². The summed E-state index contributed by atoms with van der Waals surface area (Å²) in [6.45, 7) is 13.0. The van der Waals surface area contributed by atoms with Gasteiger partial charge in [0, 0.05) is 34.4 Å². The maximum absolute atomic E-state index is 3.66. The van der Waals surface area contributed by atoms with Crippen molar-refractivity contribution in [2.24, 2.45) is 0 Å². The molecule has 2 nitrogen and oxygen atoms in total. The van der Waals surface area contributed by atoms with Crippen LogP contribution in [0.5, 0.6) is 0 Å². The molecule has 134 valence electrons. The molecule has 0 unspecified atom stereocenters. The minimum atomic E-state index is 1.17. The predicted octanol–water partition coefficient (Wildman–Crippen LogP) is 6.39. The highest BCUT2D eigenvalue weighted by atomic mass is 15.2. The monoisotopic (exact) mass is 354 g/mol. The smallest absolute Gasteiger partial charge is 0.0551 e. The lowest BCUT2D eigenvalue weighted by molar-refractivity contribution is 1.07. The van der Waals surface area contributed by atoms with Crippen LogP contribution in [0.1, 0.15) is 33.4 Å². The van der Waals surface area contributed by atoms with Gasteiger partial charge in [0.25, 0.3) is 11.4 Å². The van der Waals surface area contributed by atoms with Gasteiger partial charge in [0.1, 0.15) is 0 Å². The molecule has 1 aliphatic rings. The Kier molecular flexibility index (Phi) is 4.09. The van der Waals surface area contributed by atoms with Gasteiger partial charge in [0.2, 0.25) is 11.4 Å². The molecule has 0 bridgehead atoms. The fraction of sp³-hybridized carbons (Fsp3) is 0.240. The van der Waals surface area contributed by atoms with Gasteiger partial charge in [0.15, 0.2) is 0 Å². The highest BCUT2D eigenvalue weighted by Crippen LogP contribution is 2.39. The van der Waals surface area contributed by atoms with Gasteiger partial charge in [-0.05, 0) is 75.0 Å². The number of para-hydroxylation sites is 2. The second-order valence-electron chi connectivity index (χ2n) is 7.75. The Morgan fingerprint density at radius 3 is 1.22 bits per heavy atom. The molecule has 4 rings (SSSR count). The summed E-state index contributed by atoms with van der Waals surface area (Å²) in [4.78, 5) is 0. The number of rotatable bonds is 2. The summed E-state index contributed by atoms with van der Waals surface area (Å²) >= 11 is 0. The first-order valence-electron chi connectivity index (χ1n) is 9.48. The van der Waals surface area contributed by atoms with E-state index in [9.17, 15) is 0 Å². The van der Waals surface area contributed by atoms with Crippen molar-refractivity contribution in [1.29, 1.82) is 0 Å². The molecule has 0 spiro atoms. The first-order chi connectivity index (χ1) is 12.9. The number of hydrogen-bond donors (Lipinski definition) is 0. The van der Waals surface area contributed by atoms with Crippen LogP contribution in [0.4, 0.5) is 22.7 Å². The second kappa shape index (κ2) is 6.33. The molecular weight excluding hydrogens is 328 g/mol. The molecule has 0 saturated carbocycles. The number of hydrogen-bond acceptors (Lipinski definition) is 0. The van der Waals surface area contributed by atoms with E-state index in [1.165, 1.54) is 56.1 Å². The molecule has 0 saturated heterocycles. The van der Waals surface area contributed by atoms with E-state index in [1.807, 2.05) is 0 Å². The zero-order chi connectivity index (χ0) is 19.3. The van der Waals surface area contributed by atoms with E-state index in [0.717, 1.165) is 0 Å². The first-order valence-corrected chi connectivity index (χ1v) is 9.48. The predicted molar refractivity (Wildman–Crippen MR) is 116 cm³/mol. The molecule has 0 aromatic heterocycles. The highest BCUT2D eigenvalue weighted by Gasteiger charge is 2.38. The molecule has 0 amide bonds. The molecule has 0 atom stereocenters. The number of nitrogens with zero attached hydrogens (tertiary/aromatic N) is 2. The van der Waals surface area contributed by atoms with E-state index in [2.05, 4.69) is 105 Å². The van der Waals surface area contributed by atoms with Gasteiger partial charge < -0.3 is 0 Å². The van der Waals surface area contributed by atoms with Crippen LogP contribution in [0.25, 0.3) is 0 Å². The minimum Gasteiger partial charge on any atom is -0.0551 e. The minimum absolute atomic E-state index is 1.17. The van der Waals surface area contributed by atoms with Crippen LogP contribution in [0.15, 0.2) is 48.5 Å². The average Bonchev–Trinajstić information content (AvgIpc) is 2.93. The maximum Gasteiger partial charge on any atom is 0.503 e. The molecule has 3 aromatic carbocycles. The molecule has 1 aliphatic heterocycles. The van der Waals surface area contributed by atoms with Crippen LogP contribution >= 0.6 is 0 Å². The van der Waals surface area contributed by atoms with E-state index >= 15 is 0 Å². The van der Waals surface area contributed by atoms with E-state index in [-0.39, 0.29) is 0 Å². The fourth-order valence-corrected chi connectivity index (χ4v) is 4.44. The Morgan fingerprint density at radius 1 is 0.556 bits per heavy atom. The number of aryl methyl sites for hydroxylation is 6. The third-order valence-corrected chi connectivity index (χ3v) is 5.28. The van der Waals surface area contributed by atoms with Crippen LogP contribution in [0.3, 0.4) is 0 Å². The molecule has 27 heavy (non-hydrogen) atoms. The lowest BCUT2D eigenvalue weighted by Crippen LogP contribution is -2.06. The third kappa shape index (κ3) is 2.83. The Bertz CT molecular complexity index is 1020. The first kappa shape index (κ1) is 17.5. The standard InChI is InChI=1S/C25H26N2/c1-16-11-18(3)24(19(4)12-16)26-15-27(23-10-8-7-9-22(23)26)25-20(5)13-17(2)14-21(25)6/h7-14H,1-6H3/q+2. The molecular formula is C25H26N2+2. The topological polar surface area (TPSA) is 6.02 Å². The van der Waals surface area contributed by atoms with Crippen molar-refractivity contribution < 1.29 is 0 Å². The second-order valence-corrected chi connectivity index (χ2v) is 7.75. The van der Waals surface area contributed by atoms with E-state index in [1.54, 1.807) is 0 Å². The van der Waals surface area contributed by atoms with E-state index < -0.39 is 0 Å². The zero-order valence-electron chi connectivity index (χ0n) is 17.0. The third-order valence-electron chi connectivity index (χ3n) is 5.28. The van der Waals surface area contributed by atoms with Crippen molar-refractivity contribution in [3.05, 3.63) is 81.9 Å². The summed E-state index contributed by atoms with van der Waals surface area (Å²) in [6, 6.07) is 21.2. The average molecular weight is 354 g/mol. The van der Waals surface area contributed by atoms with Gasteiger partial charge in [-0.3, -0.25) is 0 Å². The number of fused-ring (bicyclic) bond motifs is 1. The Labute approximate surface area is 161 Å². The Morgan fingerprint density at radius 2 is 0.889 bits per heavy atom. The maximum atomic E-state index is 3.66. The molecule has 2 heteroatoms. The van der Waals surface area contributed by atoms with Crippen LogP contribution in [-0.4, -0.2) is 6.01 Å². The van der Waals surface area contributed by atoms with Crippen LogP contribution in [0, 0.1) is 41.5 Å². The molecule has 1 heterocycles. The van der Waals surface area contributed by atoms with Gasteiger partial charge in [-0.2, -0.15) is 0 Å². The lowest BCUT2D eigenvalue weighted by atomic mass is 10.0. The van der Waals surface area contributed by atoms with Gasteiger partial charge in [-0.15, -0.1) is 0 Å². The van der Waals surface area contributed by atoms with Gasteiger partial charge in [-0.25, -0.2) is 0 Å². The fourth-order valence-electron chi connectivity index (χ4n) is 4.44. The summed E-state index contributed by atoms with van der Waals surface area (Å²) in [5.41, 5.74) is 12.5. The summed E-state index contributed by atoms with van der Waals surface area (Å²) in [7, 11) is 0. The van der Waals surface area contributed by atoms with Crippen molar-refractivity contribution in [2.75, 3.05) is 0 Å². The van der Waals surface area contributed by atoms with Crippen molar-refractivity contribution in [2.45, 2.75) is 41.5 Å². The van der Waals surface area contributed by atoms with Crippen molar-refractivity contribution >= 4 is 28.8 Å². The largest absolute Gasteiger partial charge is 0.503 e. The summed E-state index contributed by atoms with van der Waals surface area (Å²) in [6.07, 6.45) is 0. The molecule has 3 aromatic rings. The van der Waals surface area contributed by atoms with Crippen LogP contribution < -0.4 is 9.15 Å². The quantitative estimate of drug-likeness (QED) is 0.368. The normalized spacial score (nSPS) is 12.7. The van der Waals surface area contributed by atoms with Gasteiger partial charge in [-0.1, -0.05) is 23.3 Å². The highest BCUT2D eigenvalue weighted by molar-refractivity contribution is 5.86. The molecule has 0 aliphatic carbocycles. The summed E-state index contributed by atoms with van der Waals surface area (Å²) in [5, 5.41) is 0. The van der Waals surface area contributed by atoms with Gasteiger partial charge >= 0.3 is 6.01 Å². The van der Waals surface area contributed by atoms with Crippen LogP contribution in [-0.2, 0) is 0 Å². The van der Waals surface area contributed by atoms with Crippen molar-refractivity contribution in [1.82, 2.24) is 9.15 Å².